The molecule has 88 valence electrons. The maximum atomic E-state index is 3.61. The van der Waals surface area contributed by atoms with Crippen LogP contribution < -0.4 is 5.32 Å². The maximum Gasteiger partial charge on any atom is 0.0178 e. The molecule has 1 atom stereocenters. The number of halogens is 1. The Balaban J connectivity index is 2.08. The summed E-state index contributed by atoms with van der Waals surface area (Å²) in [6, 6.07) is 6.70. The second-order valence-electron chi connectivity index (χ2n) is 5.71. The van der Waals surface area contributed by atoms with Crippen molar-refractivity contribution >= 4 is 15.9 Å². The van der Waals surface area contributed by atoms with Gasteiger partial charge in [0.1, 0.15) is 0 Å². The Kier molecular flexibility index (Phi) is 3.41. The summed E-state index contributed by atoms with van der Waals surface area (Å²) >= 11 is 3.56. The third kappa shape index (κ3) is 2.86. The van der Waals surface area contributed by atoms with Crippen LogP contribution in [0.4, 0.5) is 0 Å². The van der Waals surface area contributed by atoms with Crippen LogP contribution in [0.25, 0.3) is 0 Å². The molecular formula is C14H20BrN. The summed E-state index contributed by atoms with van der Waals surface area (Å²) in [4.78, 5) is 0. The molecule has 0 heterocycles. The fourth-order valence-corrected chi connectivity index (χ4v) is 2.68. The fraction of sp³-hybridized carbons (Fsp3) is 0.571. The van der Waals surface area contributed by atoms with E-state index in [4.69, 9.17) is 0 Å². The summed E-state index contributed by atoms with van der Waals surface area (Å²) in [5, 5.41) is 3.61. The van der Waals surface area contributed by atoms with Gasteiger partial charge < -0.3 is 5.32 Å². The topological polar surface area (TPSA) is 12.0 Å². The number of nitrogens with one attached hydrogen (secondary N) is 1. The Morgan fingerprint density at radius 3 is 2.81 bits per heavy atom. The van der Waals surface area contributed by atoms with E-state index in [2.05, 4.69) is 60.2 Å². The van der Waals surface area contributed by atoms with Gasteiger partial charge in [0.05, 0.1) is 0 Å². The van der Waals surface area contributed by atoms with Crippen molar-refractivity contribution in [1.82, 2.24) is 5.32 Å². The van der Waals surface area contributed by atoms with Crippen LogP contribution >= 0.6 is 15.9 Å². The van der Waals surface area contributed by atoms with Gasteiger partial charge in [0.2, 0.25) is 0 Å². The van der Waals surface area contributed by atoms with E-state index in [1.54, 1.807) is 0 Å². The molecule has 0 saturated heterocycles. The highest BCUT2D eigenvalue weighted by molar-refractivity contribution is 9.10. The highest BCUT2D eigenvalue weighted by Gasteiger charge is 2.23. The highest BCUT2D eigenvalue weighted by atomic mass is 79.9. The first-order valence-electron chi connectivity index (χ1n) is 5.99. The maximum absolute atomic E-state index is 3.61. The number of fused-ring (bicyclic) bond motifs is 1. The van der Waals surface area contributed by atoms with Crippen LogP contribution in [0.2, 0.25) is 0 Å². The Labute approximate surface area is 107 Å². The molecule has 16 heavy (non-hydrogen) atoms. The van der Waals surface area contributed by atoms with Gasteiger partial charge in [-0.2, -0.15) is 0 Å². The van der Waals surface area contributed by atoms with Crippen LogP contribution in [0, 0.1) is 0 Å². The standard InChI is InChI=1S/C14H20BrN/c1-14(2,3)16-9-11-5-4-10-6-7-12(15)8-13(10)11/h6-8,11,16H,4-5,9H2,1-3H3. The van der Waals surface area contributed by atoms with Crippen molar-refractivity contribution in [3.05, 3.63) is 33.8 Å². The summed E-state index contributed by atoms with van der Waals surface area (Å²) in [6.07, 6.45) is 2.52. The molecule has 1 nitrogen and oxygen atoms in total. The third-order valence-corrected chi connectivity index (χ3v) is 3.68. The van der Waals surface area contributed by atoms with Crippen LogP contribution in [-0.4, -0.2) is 12.1 Å². The fourth-order valence-electron chi connectivity index (χ4n) is 2.30. The first kappa shape index (κ1) is 12.1. The minimum absolute atomic E-state index is 0.217. The summed E-state index contributed by atoms with van der Waals surface area (Å²) in [5.41, 5.74) is 3.28. The van der Waals surface area contributed by atoms with Gasteiger partial charge in [-0.25, -0.2) is 0 Å². The first-order chi connectivity index (χ1) is 7.46. The van der Waals surface area contributed by atoms with Gasteiger partial charge in [0.25, 0.3) is 0 Å². The lowest BCUT2D eigenvalue weighted by Gasteiger charge is -2.23. The van der Waals surface area contributed by atoms with Crippen LogP contribution in [0.15, 0.2) is 22.7 Å². The van der Waals surface area contributed by atoms with E-state index in [0.717, 1.165) is 6.54 Å². The zero-order valence-electron chi connectivity index (χ0n) is 10.3. The van der Waals surface area contributed by atoms with E-state index in [0.29, 0.717) is 5.92 Å². The van der Waals surface area contributed by atoms with Crippen molar-refractivity contribution in [2.24, 2.45) is 0 Å². The smallest absolute Gasteiger partial charge is 0.0178 e. The predicted molar refractivity (Wildman–Crippen MR) is 73.0 cm³/mol. The number of hydrogen-bond acceptors (Lipinski definition) is 1. The van der Waals surface area contributed by atoms with Gasteiger partial charge >= 0.3 is 0 Å². The monoisotopic (exact) mass is 281 g/mol. The molecule has 0 amide bonds. The van der Waals surface area contributed by atoms with Gasteiger partial charge in [-0.3, -0.25) is 0 Å². The minimum atomic E-state index is 0.217. The summed E-state index contributed by atoms with van der Waals surface area (Å²) in [5.74, 6) is 0.687. The predicted octanol–water partition coefficient (Wildman–Crippen LogP) is 3.87. The molecule has 0 aliphatic heterocycles. The Morgan fingerprint density at radius 2 is 2.12 bits per heavy atom. The van der Waals surface area contributed by atoms with E-state index < -0.39 is 0 Å². The molecule has 1 N–H and O–H groups in total. The molecular weight excluding hydrogens is 262 g/mol. The largest absolute Gasteiger partial charge is 0.311 e. The van der Waals surface area contributed by atoms with Crippen molar-refractivity contribution in [3.8, 4) is 0 Å². The molecule has 0 aromatic heterocycles. The molecule has 2 heteroatoms. The lowest BCUT2D eigenvalue weighted by molar-refractivity contribution is 0.405. The third-order valence-electron chi connectivity index (χ3n) is 3.19. The summed E-state index contributed by atoms with van der Waals surface area (Å²) in [6.45, 7) is 7.77. The number of rotatable bonds is 2. The zero-order valence-corrected chi connectivity index (χ0v) is 11.9. The quantitative estimate of drug-likeness (QED) is 0.868. The van der Waals surface area contributed by atoms with Gasteiger partial charge in [-0.1, -0.05) is 22.0 Å². The molecule has 0 saturated carbocycles. The van der Waals surface area contributed by atoms with Crippen LogP contribution in [0.1, 0.15) is 44.2 Å². The first-order valence-corrected chi connectivity index (χ1v) is 6.78. The van der Waals surface area contributed by atoms with Crippen molar-refractivity contribution in [2.45, 2.75) is 45.1 Å². The van der Waals surface area contributed by atoms with Gasteiger partial charge in [0.15, 0.2) is 0 Å². The molecule has 0 bridgehead atoms. The van der Waals surface area contributed by atoms with E-state index in [9.17, 15) is 0 Å². The van der Waals surface area contributed by atoms with Crippen LogP contribution in [-0.2, 0) is 6.42 Å². The van der Waals surface area contributed by atoms with Crippen molar-refractivity contribution < 1.29 is 0 Å². The Hall–Kier alpha value is -0.340. The van der Waals surface area contributed by atoms with E-state index >= 15 is 0 Å². The lowest BCUT2D eigenvalue weighted by Crippen LogP contribution is -2.38. The van der Waals surface area contributed by atoms with Crippen LogP contribution in [0.5, 0.6) is 0 Å². The van der Waals surface area contributed by atoms with Crippen molar-refractivity contribution in [2.75, 3.05) is 6.54 Å². The van der Waals surface area contributed by atoms with Crippen LogP contribution in [0.3, 0.4) is 0 Å². The average Bonchev–Trinajstić information content (AvgIpc) is 2.56. The number of hydrogen-bond donors (Lipinski definition) is 1. The molecule has 1 unspecified atom stereocenters. The lowest BCUT2D eigenvalue weighted by atomic mass is 9.99. The number of benzene rings is 1. The molecule has 0 radical (unpaired) electrons. The van der Waals surface area contributed by atoms with Crippen molar-refractivity contribution in [3.63, 3.8) is 0 Å². The molecule has 1 aliphatic carbocycles. The van der Waals surface area contributed by atoms with Crippen molar-refractivity contribution in [1.29, 1.82) is 0 Å². The second kappa shape index (κ2) is 4.50. The molecule has 1 aromatic rings. The minimum Gasteiger partial charge on any atom is -0.311 e. The SMILES string of the molecule is CC(C)(C)NCC1CCc2ccc(Br)cc21. The van der Waals surface area contributed by atoms with Gasteiger partial charge in [-0.15, -0.1) is 0 Å². The average molecular weight is 282 g/mol. The van der Waals surface area contributed by atoms with E-state index in [1.807, 2.05) is 0 Å². The molecule has 1 aliphatic rings. The van der Waals surface area contributed by atoms with Gasteiger partial charge in [0, 0.05) is 16.6 Å². The van der Waals surface area contributed by atoms with Gasteiger partial charge in [-0.05, 0) is 62.8 Å². The number of aryl methyl sites for hydroxylation is 1. The van der Waals surface area contributed by atoms with E-state index in [-0.39, 0.29) is 5.54 Å². The Bertz CT molecular complexity index is 379. The molecule has 1 aromatic carbocycles. The summed E-state index contributed by atoms with van der Waals surface area (Å²) in [7, 11) is 0. The normalized spacial score (nSPS) is 19.9. The second-order valence-corrected chi connectivity index (χ2v) is 6.63. The summed E-state index contributed by atoms with van der Waals surface area (Å²) < 4.78 is 1.20. The Morgan fingerprint density at radius 1 is 1.38 bits per heavy atom. The molecule has 2 rings (SSSR count). The highest BCUT2D eigenvalue weighted by Crippen LogP contribution is 2.34. The molecule has 0 spiro atoms. The zero-order chi connectivity index (χ0) is 11.8. The van der Waals surface area contributed by atoms with E-state index in [1.165, 1.54) is 28.4 Å². The molecule has 0 fully saturated rings.